The third-order valence-electron chi connectivity index (χ3n) is 3.82. The van der Waals surface area contributed by atoms with Crippen molar-refractivity contribution in [2.24, 2.45) is 7.05 Å². The number of nitrogens with one attached hydrogen (secondary N) is 2. The number of hydrogen-bond acceptors (Lipinski definition) is 4. The van der Waals surface area contributed by atoms with E-state index in [4.69, 9.17) is 11.6 Å². The van der Waals surface area contributed by atoms with Crippen molar-refractivity contribution in [2.45, 2.75) is 13.0 Å². The summed E-state index contributed by atoms with van der Waals surface area (Å²) in [4.78, 5) is 24.4. The molecule has 0 saturated carbocycles. The Morgan fingerprint density at radius 1 is 1.22 bits per heavy atom. The van der Waals surface area contributed by atoms with E-state index in [9.17, 15) is 9.59 Å². The zero-order chi connectivity index (χ0) is 19.2. The van der Waals surface area contributed by atoms with E-state index in [1.54, 1.807) is 24.0 Å². The van der Waals surface area contributed by atoms with Crippen LogP contribution < -0.4 is 10.6 Å². The molecule has 2 heterocycles. The van der Waals surface area contributed by atoms with Crippen molar-refractivity contribution >= 4 is 29.2 Å². The molecule has 0 unspecified atom stereocenters. The molecule has 9 heteroatoms. The number of aromatic nitrogens is 4. The molecule has 2 aromatic heterocycles. The van der Waals surface area contributed by atoms with Crippen LogP contribution in [0.3, 0.4) is 0 Å². The number of carbonyl (C=O) groups excluding carboxylic acids is 2. The van der Waals surface area contributed by atoms with Crippen molar-refractivity contribution in [3.05, 3.63) is 65.1 Å². The zero-order valence-corrected chi connectivity index (χ0v) is 15.5. The van der Waals surface area contributed by atoms with E-state index >= 15 is 0 Å². The van der Waals surface area contributed by atoms with Crippen LogP contribution >= 0.6 is 11.6 Å². The number of rotatable bonds is 7. The smallest absolute Gasteiger partial charge is 0.271 e. The van der Waals surface area contributed by atoms with Crippen LogP contribution in [0.15, 0.2) is 48.8 Å². The van der Waals surface area contributed by atoms with Crippen LogP contribution in [0.1, 0.15) is 16.1 Å². The molecule has 0 aliphatic carbocycles. The van der Waals surface area contributed by atoms with Crippen LogP contribution in [0, 0.1) is 0 Å². The number of amides is 2. The standard InChI is InChI=1S/C18H19ClN6O2/c1-24-16(22-17(26)9-13-5-3-2-4-6-13)10-15(23-24)18(27)20-7-8-25-12-14(19)11-21-25/h2-6,10-12H,7-9H2,1H3,(H,20,27)(H,22,26). The second kappa shape index (κ2) is 8.50. The second-order valence-corrected chi connectivity index (χ2v) is 6.36. The lowest BCUT2D eigenvalue weighted by Gasteiger charge is -2.04. The van der Waals surface area contributed by atoms with Crippen molar-refractivity contribution in [3.63, 3.8) is 0 Å². The number of nitrogens with zero attached hydrogens (tertiary/aromatic N) is 4. The van der Waals surface area contributed by atoms with E-state index in [1.807, 2.05) is 30.3 Å². The first kappa shape index (κ1) is 18.7. The first-order valence-corrected chi connectivity index (χ1v) is 8.73. The minimum absolute atomic E-state index is 0.174. The third kappa shape index (κ3) is 5.18. The molecule has 8 nitrogen and oxygen atoms in total. The van der Waals surface area contributed by atoms with Gasteiger partial charge in [0, 0.05) is 25.9 Å². The van der Waals surface area contributed by atoms with Crippen LogP contribution in [0.5, 0.6) is 0 Å². The fraction of sp³-hybridized carbons (Fsp3) is 0.222. The van der Waals surface area contributed by atoms with Crippen LogP contribution in [0.4, 0.5) is 5.82 Å². The normalized spacial score (nSPS) is 10.6. The van der Waals surface area contributed by atoms with Gasteiger partial charge in [0.05, 0.1) is 24.2 Å². The zero-order valence-electron chi connectivity index (χ0n) is 14.7. The van der Waals surface area contributed by atoms with Crippen LogP contribution in [0.2, 0.25) is 5.02 Å². The molecular formula is C18H19ClN6O2. The topological polar surface area (TPSA) is 93.8 Å². The Balaban J connectivity index is 1.53. The first-order chi connectivity index (χ1) is 13.0. The van der Waals surface area contributed by atoms with Gasteiger partial charge in [-0.05, 0) is 5.56 Å². The predicted molar refractivity (Wildman–Crippen MR) is 102 cm³/mol. The molecule has 3 aromatic rings. The van der Waals surface area contributed by atoms with E-state index in [-0.39, 0.29) is 23.9 Å². The van der Waals surface area contributed by atoms with Gasteiger partial charge >= 0.3 is 0 Å². The Morgan fingerprint density at radius 3 is 2.70 bits per heavy atom. The molecule has 0 aliphatic rings. The molecule has 0 aliphatic heterocycles. The summed E-state index contributed by atoms with van der Waals surface area (Å²) in [6.45, 7) is 0.870. The summed E-state index contributed by atoms with van der Waals surface area (Å²) in [7, 11) is 1.67. The highest BCUT2D eigenvalue weighted by Crippen LogP contribution is 2.10. The second-order valence-electron chi connectivity index (χ2n) is 5.93. The van der Waals surface area contributed by atoms with Crippen molar-refractivity contribution in [1.82, 2.24) is 24.9 Å². The Morgan fingerprint density at radius 2 is 2.00 bits per heavy atom. The Hall–Kier alpha value is -3.13. The van der Waals surface area contributed by atoms with Crippen LogP contribution in [-0.4, -0.2) is 37.9 Å². The van der Waals surface area contributed by atoms with E-state index in [1.165, 1.54) is 10.9 Å². The van der Waals surface area contributed by atoms with Crippen LogP contribution in [-0.2, 0) is 24.8 Å². The maximum atomic E-state index is 12.2. The summed E-state index contributed by atoms with van der Waals surface area (Å²) < 4.78 is 3.10. The summed E-state index contributed by atoms with van der Waals surface area (Å²) >= 11 is 5.79. The van der Waals surface area contributed by atoms with Gasteiger partial charge in [-0.3, -0.25) is 19.0 Å². The molecule has 2 N–H and O–H groups in total. The van der Waals surface area contributed by atoms with Crippen molar-refractivity contribution in [2.75, 3.05) is 11.9 Å². The van der Waals surface area contributed by atoms with Gasteiger partial charge in [0.2, 0.25) is 5.91 Å². The summed E-state index contributed by atoms with van der Waals surface area (Å²) in [5.41, 5.74) is 1.14. The van der Waals surface area contributed by atoms with Gasteiger partial charge in [0.15, 0.2) is 5.69 Å². The molecule has 0 fully saturated rings. The number of anilines is 1. The molecule has 27 heavy (non-hydrogen) atoms. The summed E-state index contributed by atoms with van der Waals surface area (Å²) in [6.07, 6.45) is 3.46. The van der Waals surface area contributed by atoms with E-state index in [0.717, 1.165) is 5.56 Å². The number of aryl methyl sites for hydroxylation is 1. The average Bonchev–Trinajstić information content (AvgIpc) is 3.21. The van der Waals surface area contributed by atoms with Crippen LogP contribution in [0.25, 0.3) is 0 Å². The highest BCUT2D eigenvalue weighted by atomic mass is 35.5. The Labute approximate surface area is 161 Å². The van der Waals surface area contributed by atoms with Gasteiger partial charge in [-0.1, -0.05) is 41.9 Å². The quantitative estimate of drug-likeness (QED) is 0.648. The molecule has 1 aromatic carbocycles. The summed E-state index contributed by atoms with van der Waals surface area (Å²) in [5, 5.41) is 14.3. The molecule has 3 rings (SSSR count). The SMILES string of the molecule is Cn1nc(C(=O)NCCn2cc(Cl)cn2)cc1NC(=O)Cc1ccccc1. The van der Waals surface area contributed by atoms with E-state index in [2.05, 4.69) is 20.8 Å². The predicted octanol–water partition coefficient (Wildman–Crippen LogP) is 1.88. The minimum atomic E-state index is -0.326. The summed E-state index contributed by atoms with van der Waals surface area (Å²) in [6, 6.07) is 11.0. The molecule has 0 saturated heterocycles. The van der Waals surface area contributed by atoms with Gasteiger partial charge in [0.25, 0.3) is 5.91 Å². The highest BCUT2D eigenvalue weighted by molar-refractivity contribution is 6.30. The van der Waals surface area contributed by atoms with Crippen molar-refractivity contribution in [3.8, 4) is 0 Å². The number of benzene rings is 1. The molecule has 0 radical (unpaired) electrons. The molecule has 140 valence electrons. The molecule has 2 amide bonds. The number of carbonyl (C=O) groups is 2. The number of hydrogen-bond donors (Lipinski definition) is 2. The fourth-order valence-corrected chi connectivity index (χ4v) is 2.65. The monoisotopic (exact) mass is 386 g/mol. The van der Waals surface area contributed by atoms with Gasteiger partial charge in [0.1, 0.15) is 5.82 Å². The summed E-state index contributed by atoms with van der Waals surface area (Å²) in [5.74, 6) is -0.0425. The van der Waals surface area contributed by atoms with Crippen molar-refractivity contribution < 1.29 is 9.59 Å². The fourth-order valence-electron chi connectivity index (χ4n) is 2.50. The lowest BCUT2D eigenvalue weighted by molar-refractivity contribution is -0.115. The molecular weight excluding hydrogens is 368 g/mol. The highest BCUT2D eigenvalue weighted by Gasteiger charge is 2.14. The third-order valence-corrected chi connectivity index (χ3v) is 4.01. The largest absolute Gasteiger partial charge is 0.349 e. The lowest BCUT2D eigenvalue weighted by atomic mass is 10.1. The van der Waals surface area contributed by atoms with E-state index < -0.39 is 0 Å². The molecule has 0 bridgehead atoms. The maximum Gasteiger partial charge on any atom is 0.271 e. The van der Waals surface area contributed by atoms with Gasteiger partial charge in [-0.25, -0.2) is 0 Å². The van der Waals surface area contributed by atoms with E-state index in [0.29, 0.717) is 23.9 Å². The Kier molecular flexibility index (Phi) is 5.87. The first-order valence-electron chi connectivity index (χ1n) is 8.35. The molecule has 0 atom stereocenters. The van der Waals surface area contributed by atoms with Gasteiger partial charge < -0.3 is 10.6 Å². The maximum absolute atomic E-state index is 12.2. The average molecular weight is 387 g/mol. The van der Waals surface area contributed by atoms with Crippen molar-refractivity contribution in [1.29, 1.82) is 0 Å². The lowest BCUT2D eigenvalue weighted by Crippen LogP contribution is -2.27. The van der Waals surface area contributed by atoms with Gasteiger partial charge in [-0.2, -0.15) is 10.2 Å². The Bertz CT molecular complexity index is 934. The molecule has 0 spiro atoms. The minimum Gasteiger partial charge on any atom is -0.349 e. The van der Waals surface area contributed by atoms with Gasteiger partial charge in [-0.15, -0.1) is 0 Å². The number of halogens is 1.